The van der Waals surface area contributed by atoms with E-state index in [0.29, 0.717) is 42.9 Å². The summed E-state index contributed by atoms with van der Waals surface area (Å²) < 4.78 is 51.2. The van der Waals surface area contributed by atoms with Crippen LogP contribution in [0, 0.1) is 5.82 Å². The van der Waals surface area contributed by atoms with E-state index in [4.69, 9.17) is 4.84 Å². The van der Waals surface area contributed by atoms with Crippen molar-refractivity contribution in [1.29, 1.82) is 0 Å². The Balaban J connectivity index is 1.37. The van der Waals surface area contributed by atoms with Crippen molar-refractivity contribution in [1.82, 2.24) is 10.4 Å². The highest BCUT2D eigenvalue weighted by Gasteiger charge is 2.40. The summed E-state index contributed by atoms with van der Waals surface area (Å²) in [5, 5.41) is 2.73. The number of likely N-dealkylation sites (tertiary alicyclic amines) is 1. The lowest BCUT2D eigenvalue weighted by Gasteiger charge is -2.36. The van der Waals surface area contributed by atoms with Gasteiger partial charge in [0.1, 0.15) is 11.4 Å². The molecule has 2 heterocycles. The third kappa shape index (κ3) is 4.25. The minimum absolute atomic E-state index is 0.283. The van der Waals surface area contributed by atoms with Crippen LogP contribution in [0.5, 0.6) is 0 Å². The number of carbonyl (C=O) groups excluding carboxylic acids is 1. The Kier molecular flexibility index (Phi) is 5.15. The number of nitrogens with zero attached hydrogens (tertiary/aromatic N) is 1. The lowest BCUT2D eigenvalue weighted by molar-refractivity contribution is -0.137. The van der Waals surface area contributed by atoms with Gasteiger partial charge in [-0.1, -0.05) is 12.1 Å². The molecule has 9 heteroatoms. The SMILES string of the molecule is O=C(Nc1ccc(F)cc1)N1CCC2(C=C(c3ccc(C(F)(F)F)cc3)NO2)CC1. The van der Waals surface area contributed by atoms with Crippen molar-refractivity contribution in [3.05, 3.63) is 71.6 Å². The molecule has 0 atom stereocenters. The summed E-state index contributed by atoms with van der Waals surface area (Å²) in [6.45, 7) is 0.872. The first-order valence-corrected chi connectivity index (χ1v) is 9.40. The second-order valence-electron chi connectivity index (χ2n) is 7.33. The van der Waals surface area contributed by atoms with E-state index in [1.807, 2.05) is 6.08 Å². The van der Waals surface area contributed by atoms with Gasteiger partial charge in [0, 0.05) is 31.6 Å². The third-order valence-corrected chi connectivity index (χ3v) is 5.29. The molecule has 5 nitrogen and oxygen atoms in total. The molecule has 1 fully saturated rings. The highest BCUT2D eigenvalue weighted by atomic mass is 19.4. The van der Waals surface area contributed by atoms with Gasteiger partial charge in [0.05, 0.1) is 11.3 Å². The van der Waals surface area contributed by atoms with Gasteiger partial charge >= 0.3 is 12.2 Å². The number of benzene rings is 2. The summed E-state index contributed by atoms with van der Waals surface area (Å²) >= 11 is 0. The van der Waals surface area contributed by atoms with Gasteiger partial charge in [-0.2, -0.15) is 13.2 Å². The Morgan fingerprint density at radius 1 is 1.03 bits per heavy atom. The van der Waals surface area contributed by atoms with Crippen LogP contribution in [0.2, 0.25) is 0 Å². The number of amides is 2. The van der Waals surface area contributed by atoms with Crippen molar-refractivity contribution < 1.29 is 27.2 Å². The van der Waals surface area contributed by atoms with Crippen LogP contribution >= 0.6 is 0 Å². The fourth-order valence-electron chi connectivity index (χ4n) is 3.53. The van der Waals surface area contributed by atoms with Crippen LogP contribution in [-0.4, -0.2) is 29.6 Å². The number of piperidine rings is 1. The zero-order chi connectivity index (χ0) is 21.4. The summed E-state index contributed by atoms with van der Waals surface area (Å²) in [6, 6.07) is 10.1. The molecular weight excluding hydrogens is 402 g/mol. The predicted molar refractivity (Wildman–Crippen MR) is 103 cm³/mol. The molecular formula is C21H19F4N3O2. The molecule has 4 rings (SSSR count). The van der Waals surface area contributed by atoms with Gasteiger partial charge in [0.15, 0.2) is 0 Å². The van der Waals surface area contributed by atoms with Gasteiger partial charge in [0.2, 0.25) is 0 Å². The Bertz CT molecular complexity index is 948. The number of halogens is 4. The van der Waals surface area contributed by atoms with Crippen LogP contribution in [0.3, 0.4) is 0 Å². The standard InChI is InChI=1S/C21H19F4N3O2/c22-16-5-7-17(8-6-16)26-19(29)28-11-9-20(10-12-28)13-18(27-30-20)14-1-3-15(4-2-14)21(23,24)25/h1-8,13,27H,9-12H2,(H,26,29). The van der Waals surface area contributed by atoms with Crippen LogP contribution in [0.4, 0.5) is 28.0 Å². The van der Waals surface area contributed by atoms with E-state index < -0.39 is 17.3 Å². The first-order chi connectivity index (χ1) is 14.2. The maximum Gasteiger partial charge on any atom is 0.416 e. The molecule has 2 aliphatic rings. The maximum atomic E-state index is 13.0. The summed E-state index contributed by atoms with van der Waals surface area (Å²) in [4.78, 5) is 19.8. The molecule has 0 unspecified atom stereocenters. The second-order valence-corrected chi connectivity index (χ2v) is 7.33. The van der Waals surface area contributed by atoms with Crippen LogP contribution < -0.4 is 10.8 Å². The summed E-state index contributed by atoms with van der Waals surface area (Å²) in [6.07, 6.45) is -1.46. The number of hydrogen-bond donors (Lipinski definition) is 2. The van der Waals surface area contributed by atoms with Crippen molar-refractivity contribution in [2.75, 3.05) is 18.4 Å². The van der Waals surface area contributed by atoms with Gasteiger partial charge in [-0.15, -0.1) is 0 Å². The molecule has 0 radical (unpaired) electrons. The minimum Gasteiger partial charge on any atom is -0.324 e. The second kappa shape index (κ2) is 7.64. The fraction of sp³-hybridized carbons (Fsp3) is 0.286. The van der Waals surface area contributed by atoms with Gasteiger partial charge in [-0.25, -0.2) is 9.18 Å². The minimum atomic E-state index is -4.38. The molecule has 2 aromatic rings. The molecule has 0 aliphatic carbocycles. The van der Waals surface area contributed by atoms with Gasteiger partial charge in [0.25, 0.3) is 0 Å². The number of hydroxylamine groups is 1. The zero-order valence-corrected chi connectivity index (χ0v) is 15.8. The van der Waals surface area contributed by atoms with E-state index in [0.717, 1.165) is 12.1 Å². The highest BCUT2D eigenvalue weighted by Crippen LogP contribution is 2.36. The summed E-state index contributed by atoms with van der Waals surface area (Å²) in [7, 11) is 0. The quantitative estimate of drug-likeness (QED) is 0.686. The van der Waals surface area contributed by atoms with Crippen molar-refractivity contribution in [3.8, 4) is 0 Å². The van der Waals surface area contributed by atoms with E-state index in [1.165, 1.54) is 36.4 Å². The third-order valence-electron chi connectivity index (χ3n) is 5.29. The molecule has 0 bridgehead atoms. The number of urea groups is 1. The van der Waals surface area contributed by atoms with Crippen molar-refractivity contribution >= 4 is 17.4 Å². The summed E-state index contributed by atoms with van der Waals surface area (Å²) in [5.74, 6) is -0.380. The average molecular weight is 421 g/mol. The smallest absolute Gasteiger partial charge is 0.324 e. The van der Waals surface area contributed by atoms with Crippen LogP contribution in [0.1, 0.15) is 24.0 Å². The first kappa shape index (κ1) is 20.2. The Morgan fingerprint density at radius 3 is 2.27 bits per heavy atom. The van der Waals surface area contributed by atoms with Crippen LogP contribution in [-0.2, 0) is 11.0 Å². The Labute approximate surface area is 170 Å². The van der Waals surface area contributed by atoms with Crippen molar-refractivity contribution in [3.63, 3.8) is 0 Å². The Hall–Kier alpha value is -3.07. The number of rotatable bonds is 2. The van der Waals surface area contributed by atoms with E-state index in [1.54, 1.807) is 4.90 Å². The van der Waals surface area contributed by atoms with E-state index in [9.17, 15) is 22.4 Å². The maximum absolute atomic E-state index is 13.0. The van der Waals surface area contributed by atoms with E-state index in [-0.39, 0.29) is 11.8 Å². The van der Waals surface area contributed by atoms with Gasteiger partial charge in [-0.05, 0) is 48.0 Å². The molecule has 2 amide bonds. The Morgan fingerprint density at radius 2 is 1.67 bits per heavy atom. The highest BCUT2D eigenvalue weighted by molar-refractivity contribution is 5.89. The number of carbonyl (C=O) groups is 1. The number of nitrogens with one attached hydrogen (secondary N) is 2. The predicted octanol–water partition coefficient (Wildman–Crippen LogP) is 4.79. The molecule has 1 saturated heterocycles. The van der Waals surface area contributed by atoms with Crippen molar-refractivity contribution in [2.24, 2.45) is 0 Å². The van der Waals surface area contributed by atoms with Crippen molar-refractivity contribution in [2.45, 2.75) is 24.6 Å². The lowest BCUT2D eigenvalue weighted by Crippen LogP contribution is -2.48. The zero-order valence-electron chi connectivity index (χ0n) is 15.8. The molecule has 2 aromatic carbocycles. The summed E-state index contributed by atoms with van der Waals surface area (Å²) in [5.41, 5.74) is 3.18. The van der Waals surface area contributed by atoms with Crippen LogP contribution in [0.15, 0.2) is 54.6 Å². The van der Waals surface area contributed by atoms with Gasteiger partial charge in [-0.3, -0.25) is 10.3 Å². The molecule has 0 aromatic heterocycles. The number of hydrogen-bond acceptors (Lipinski definition) is 3. The molecule has 158 valence electrons. The average Bonchev–Trinajstić information content (AvgIpc) is 3.13. The lowest BCUT2D eigenvalue weighted by atomic mass is 9.90. The molecule has 1 spiro atoms. The first-order valence-electron chi connectivity index (χ1n) is 9.40. The molecule has 0 saturated carbocycles. The monoisotopic (exact) mass is 421 g/mol. The topological polar surface area (TPSA) is 53.6 Å². The number of alkyl halides is 3. The van der Waals surface area contributed by atoms with E-state index >= 15 is 0 Å². The molecule has 30 heavy (non-hydrogen) atoms. The van der Waals surface area contributed by atoms with Crippen LogP contribution in [0.25, 0.3) is 5.70 Å². The molecule has 2 aliphatic heterocycles. The number of anilines is 1. The normalized spacial score (nSPS) is 18.1. The molecule has 2 N–H and O–H groups in total. The fourth-order valence-corrected chi connectivity index (χ4v) is 3.53. The van der Waals surface area contributed by atoms with E-state index in [2.05, 4.69) is 10.8 Å². The largest absolute Gasteiger partial charge is 0.416 e. The van der Waals surface area contributed by atoms with Gasteiger partial charge < -0.3 is 10.2 Å².